The number of thiazole rings is 1. The number of amides is 1. The lowest BCUT2D eigenvalue weighted by Crippen LogP contribution is -2.21. The molecule has 0 aliphatic heterocycles. The van der Waals surface area contributed by atoms with Crippen molar-refractivity contribution in [2.24, 2.45) is 5.41 Å². The molecule has 8 heteroatoms. The molecule has 0 unspecified atom stereocenters. The molecule has 0 aliphatic carbocycles. The third-order valence-corrected chi connectivity index (χ3v) is 4.96. The predicted molar refractivity (Wildman–Crippen MR) is 115 cm³/mol. The van der Waals surface area contributed by atoms with Crippen molar-refractivity contribution in [3.8, 4) is 27.9 Å². The maximum Gasteiger partial charge on any atom is 0.226 e. The minimum Gasteiger partial charge on any atom is -0.493 e. The maximum atomic E-state index is 12.4. The number of rotatable bonds is 6. The Hall–Kier alpha value is -2.87. The molecule has 0 atom stereocenters. The molecule has 3 aromatic rings. The zero-order valence-corrected chi connectivity index (χ0v) is 18.4. The van der Waals surface area contributed by atoms with E-state index in [0.717, 1.165) is 17.0 Å². The second kappa shape index (κ2) is 8.24. The van der Waals surface area contributed by atoms with E-state index < -0.39 is 0 Å². The van der Waals surface area contributed by atoms with Crippen LogP contribution in [-0.2, 0) is 4.79 Å². The van der Waals surface area contributed by atoms with Crippen LogP contribution in [0.25, 0.3) is 16.4 Å². The second-order valence-corrected chi connectivity index (χ2v) is 8.79. The van der Waals surface area contributed by atoms with Crippen molar-refractivity contribution >= 4 is 23.1 Å². The average molecular weight is 415 g/mol. The summed E-state index contributed by atoms with van der Waals surface area (Å²) in [6.45, 7) is 7.99. The van der Waals surface area contributed by atoms with Gasteiger partial charge in [0.25, 0.3) is 0 Å². The molecule has 3 rings (SSSR count). The van der Waals surface area contributed by atoms with Crippen molar-refractivity contribution in [3.63, 3.8) is 0 Å². The fraction of sp³-hybridized carbons (Fsp3) is 0.381. The van der Waals surface area contributed by atoms with Crippen molar-refractivity contribution in [3.05, 3.63) is 35.3 Å². The van der Waals surface area contributed by atoms with Crippen molar-refractivity contribution in [2.45, 2.75) is 34.1 Å². The van der Waals surface area contributed by atoms with Gasteiger partial charge in [-0.05, 0) is 30.5 Å². The minimum atomic E-state index is -0.0915. The Morgan fingerprint density at radius 3 is 2.55 bits per heavy atom. The van der Waals surface area contributed by atoms with Gasteiger partial charge in [0, 0.05) is 23.4 Å². The minimum absolute atomic E-state index is 0.0460. The first-order valence-electron chi connectivity index (χ1n) is 9.25. The van der Waals surface area contributed by atoms with Crippen LogP contribution in [0.1, 0.15) is 32.9 Å². The Labute approximate surface area is 174 Å². The summed E-state index contributed by atoms with van der Waals surface area (Å²) in [7, 11) is 3.21. The molecule has 0 fully saturated rings. The number of ether oxygens (including phenoxy) is 2. The molecule has 2 aromatic heterocycles. The summed E-state index contributed by atoms with van der Waals surface area (Å²) in [5, 5.41) is 10.1. The molecule has 1 aromatic carbocycles. The van der Waals surface area contributed by atoms with Gasteiger partial charge in [-0.3, -0.25) is 4.79 Å². The number of hydrogen-bond donors (Lipinski definition) is 1. The van der Waals surface area contributed by atoms with Crippen molar-refractivity contribution < 1.29 is 14.3 Å². The molecule has 0 radical (unpaired) electrons. The Kier molecular flexibility index (Phi) is 5.93. The highest BCUT2D eigenvalue weighted by atomic mass is 32.1. The van der Waals surface area contributed by atoms with Crippen LogP contribution in [0, 0.1) is 12.3 Å². The van der Waals surface area contributed by atoms with Gasteiger partial charge in [-0.1, -0.05) is 20.8 Å². The van der Waals surface area contributed by atoms with Crippen LogP contribution in [0.4, 0.5) is 5.82 Å². The fourth-order valence-corrected chi connectivity index (χ4v) is 3.69. The molecule has 1 amide bonds. The number of hydrogen-bond acceptors (Lipinski definition) is 6. The standard InChI is InChI=1S/C21H26N4O3S/c1-13-9-18(23-19(26)11-21(2,3)4)25(24-13)20-22-15(12-29-20)14-7-8-16(27-5)17(10-14)28-6/h7-10,12H,11H2,1-6H3,(H,23,26). The number of carbonyl (C=O) groups excluding carboxylic acids is 1. The smallest absolute Gasteiger partial charge is 0.226 e. The monoisotopic (exact) mass is 414 g/mol. The molecular weight excluding hydrogens is 388 g/mol. The molecule has 0 aliphatic rings. The van der Waals surface area contributed by atoms with E-state index in [1.807, 2.05) is 57.3 Å². The van der Waals surface area contributed by atoms with E-state index in [1.54, 1.807) is 18.9 Å². The molecule has 7 nitrogen and oxygen atoms in total. The molecule has 0 bridgehead atoms. The molecule has 0 saturated carbocycles. The number of benzene rings is 1. The van der Waals surface area contributed by atoms with Crippen LogP contribution in [0.15, 0.2) is 29.6 Å². The van der Waals surface area contributed by atoms with Gasteiger partial charge in [0.15, 0.2) is 11.5 Å². The Morgan fingerprint density at radius 1 is 1.17 bits per heavy atom. The van der Waals surface area contributed by atoms with Crippen molar-refractivity contribution in [2.75, 3.05) is 19.5 Å². The first kappa shape index (κ1) is 20.9. The molecule has 2 heterocycles. The third-order valence-electron chi connectivity index (χ3n) is 4.14. The van der Waals surface area contributed by atoms with Gasteiger partial charge >= 0.3 is 0 Å². The third kappa shape index (κ3) is 4.95. The van der Waals surface area contributed by atoms with Gasteiger partial charge in [-0.2, -0.15) is 9.78 Å². The maximum absolute atomic E-state index is 12.4. The number of aryl methyl sites for hydroxylation is 1. The lowest BCUT2D eigenvalue weighted by atomic mass is 9.92. The Bertz CT molecular complexity index is 1020. The van der Waals surface area contributed by atoms with Crippen LogP contribution in [0.2, 0.25) is 0 Å². The number of nitrogens with zero attached hydrogens (tertiary/aromatic N) is 3. The van der Waals surface area contributed by atoms with Crippen LogP contribution < -0.4 is 14.8 Å². The summed E-state index contributed by atoms with van der Waals surface area (Å²) < 4.78 is 12.3. The van der Waals surface area contributed by atoms with Gasteiger partial charge < -0.3 is 14.8 Å². The van der Waals surface area contributed by atoms with Gasteiger partial charge in [-0.25, -0.2) is 4.98 Å². The quantitative estimate of drug-likeness (QED) is 0.633. The zero-order chi connectivity index (χ0) is 21.2. The van der Waals surface area contributed by atoms with E-state index >= 15 is 0 Å². The molecule has 0 spiro atoms. The predicted octanol–water partition coefficient (Wildman–Crippen LogP) is 4.70. The molecule has 154 valence electrons. The van der Waals surface area contributed by atoms with Crippen molar-refractivity contribution in [1.82, 2.24) is 14.8 Å². The topological polar surface area (TPSA) is 78.3 Å². The molecule has 0 saturated heterocycles. The van der Waals surface area contributed by atoms with E-state index in [9.17, 15) is 4.79 Å². The lowest BCUT2D eigenvalue weighted by molar-refractivity contribution is -0.117. The Morgan fingerprint density at radius 2 is 1.90 bits per heavy atom. The number of nitrogens with one attached hydrogen (secondary N) is 1. The zero-order valence-electron chi connectivity index (χ0n) is 17.6. The Balaban J connectivity index is 1.89. The van der Waals surface area contributed by atoms with Gasteiger partial charge in [0.05, 0.1) is 25.6 Å². The first-order valence-corrected chi connectivity index (χ1v) is 10.1. The highest BCUT2D eigenvalue weighted by Gasteiger charge is 2.19. The van der Waals surface area contributed by atoms with Gasteiger partial charge in [-0.15, -0.1) is 11.3 Å². The summed E-state index contributed by atoms with van der Waals surface area (Å²) in [4.78, 5) is 17.1. The first-order chi connectivity index (χ1) is 13.7. The van der Waals surface area contributed by atoms with E-state index in [1.165, 1.54) is 11.3 Å². The number of anilines is 1. The second-order valence-electron chi connectivity index (χ2n) is 7.95. The SMILES string of the molecule is COc1ccc(-c2csc(-n3nc(C)cc3NC(=O)CC(C)(C)C)n2)cc1OC. The highest BCUT2D eigenvalue weighted by molar-refractivity contribution is 7.12. The molecule has 1 N–H and O–H groups in total. The number of aromatic nitrogens is 3. The molecular formula is C21H26N4O3S. The highest BCUT2D eigenvalue weighted by Crippen LogP contribution is 2.33. The van der Waals surface area contributed by atoms with E-state index in [4.69, 9.17) is 14.5 Å². The summed E-state index contributed by atoms with van der Waals surface area (Å²) in [5.74, 6) is 1.88. The van der Waals surface area contributed by atoms with Gasteiger partial charge in [0.1, 0.15) is 5.82 Å². The van der Waals surface area contributed by atoms with Crippen LogP contribution >= 0.6 is 11.3 Å². The fourth-order valence-electron chi connectivity index (χ4n) is 2.89. The largest absolute Gasteiger partial charge is 0.493 e. The van der Waals surface area contributed by atoms with Crippen LogP contribution in [-0.4, -0.2) is 34.9 Å². The lowest BCUT2D eigenvalue weighted by Gasteiger charge is -2.17. The molecule has 29 heavy (non-hydrogen) atoms. The van der Waals surface area contributed by atoms with Crippen LogP contribution in [0.3, 0.4) is 0 Å². The number of methoxy groups -OCH3 is 2. The van der Waals surface area contributed by atoms with E-state index in [0.29, 0.717) is 28.9 Å². The van der Waals surface area contributed by atoms with E-state index in [2.05, 4.69) is 10.4 Å². The van der Waals surface area contributed by atoms with Crippen LogP contribution in [0.5, 0.6) is 11.5 Å². The summed E-state index contributed by atoms with van der Waals surface area (Å²) in [5.41, 5.74) is 2.42. The summed E-state index contributed by atoms with van der Waals surface area (Å²) in [6.07, 6.45) is 0.423. The summed E-state index contributed by atoms with van der Waals surface area (Å²) in [6, 6.07) is 7.51. The van der Waals surface area contributed by atoms with E-state index in [-0.39, 0.29) is 11.3 Å². The van der Waals surface area contributed by atoms with Crippen molar-refractivity contribution in [1.29, 1.82) is 0 Å². The summed E-state index contributed by atoms with van der Waals surface area (Å²) >= 11 is 1.45. The number of carbonyl (C=O) groups is 1. The normalized spacial score (nSPS) is 11.4. The average Bonchev–Trinajstić information content (AvgIpc) is 3.26. The van der Waals surface area contributed by atoms with Gasteiger partial charge in [0.2, 0.25) is 11.0 Å².